The first-order valence-corrected chi connectivity index (χ1v) is 9.11. The zero-order valence-corrected chi connectivity index (χ0v) is 13.6. The van der Waals surface area contributed by atoms with E-state index in [0.29, 0.717) is 4.47 Å². The van der Waals surface area contributed by atoms with Crippen LogP contribution in [0.1, 0.15) is 0 Å². The van der Waals surface area contributed by atoms with E-state index in [0.717, 1.165) is 0 Å². The molecule has 0 amide bonds. The molecule has 9 heteroatoms. The van der Waals surface area contributed by atoms with Crippen LogP contribution in [0.5, 0.6) is 0 Å². The molecule has 0 atom stereocenters. The molecule has 0 aliphatic rings. The van der Waals surface area contributed by atoms with Gasteiger partial charge >= 0.3 is 20.2 Å². The lowest BCUT2D eigenvalue weighted by atomic mass is 10.4. The number of hydrogen-bond donors (Lipinski definition) is 0. The van der Waals surface area contributed by atoms with Gasteiger partial charge in [-0.2, -0.15) is 16.8 Å². The lowest BCUT2D eigenvalue weighted by molar-refractivity contribution is -0.0851. The van der Waals surface area contributed by atoms with Crippen molar-refractivity contribution >= 4 is 36.2 Å². The molecule has 0 aromatic heterocycles. The zero-order chi connectivity index (χ0) is 15.5. The van der Waals surface area contributed by atoms with E-state index in [1.165, 1.54) is 48.5 Å². The Morgan fingerprint density at radius 2 is 1.10 bits per heavy atom. The van der Waals surface area contributed by atoms with Crippen LogP contribution in [0.25, 0.3) is 0 Å². The largest absolute Gasteiger partial charge is 0.324 e. The van der Waals surface area contributed by atoms with Gasteiger partial charge in [0.2, 0.25) is 0 Å². The molecule has 0 aliphatic heterocycles. The van der Waals surface area contributed by atoms with Crippen LogP contribution in [-0.2, 0) is 28.9 Å². The summed E-state index contributed by atoms with van der Waals surface area (Å²) in [6.45, 7) is 0. The Kier molecular flexibility index (Phi) is 4.79. The van der Waals surface area contributed by atoms with E-state index < -0.39 is 20.2 Å². The fourth-order valence-corrected chi connectivity index (χ4v) is 3.31. The van der Waals surface area contributed by atoms with Crippen LogP contribution in [0, 0.1) is 0 Å². The predicted octanol–water partition coefficient (Wildman–Crippen LogP) is 2.47. The molecule has 0 bridgehead atoms. The summed E-state index contributed by atoms with van der Waals surface area (Å²) in [5.41, 5.74) is 0. The van der Waals surface area contributed by atoms with Gasteiger partial charge in [0.1, 0.15) is 0 Å². The molecule has 21 heavy (non-hydrogen) atoms. The van der Waals surface area contributed by atoms with Gasteiger partial charge in [0.05, 0.1) is 9.79 Å². The van der Waals surface area contributed by atoms with Crippen molar-refractivity contribution in [1.29, 1.82) is 0 Å². The normalized spacial score (nSPS) is 12.2. The van der Waals surface area contributed by atoms with Gasteiger partial charge in [-0.3, -0.25) is 0 Å². The summed E-state index contributed by atoms with van der Waals surface area (Å²) in [5.74, 6) is 0. The second-order valence-corrected chi connectivity index (χ2v) is 7.76. The zero-order valence-electron chi connectivity index (χ0n) is 10.3. The smallest absolute Gasteiger partial charge is 0.192 e. The molecule has 0 saturated heterocycles. The van der Waals surface area contributed by atoms with E-state index in [1.807, 2.05) is 0 Å². The summed E-state index contributed by atoms with van der Waals surface area (Å²) < 4.78 is 56.0. The number of halogens is 1. The van der Waals surface area contributed by atoms with Crippen LogP contribution < -0.4 is 0 Å². The molecule has 6 nitrogen and oxygen atoms in total. The number of hydrogen-bond acceptors (Lipinski definition) is 6. The Bertz CT molecular complexity index is 814. The summed E-state index contributed by atoms with van der Waals surface area (Å²) in [6, 6.07) is 12.5. The van der Waals surface area contributed by atoms with E-state index in [9.17, 15) is 16.8 Å². The highest BCUT2D eigenvalue weighted by Gasteiger charge is 2.23. The first kappa shape index (κ1) is 16.1. The van der Waals surface area contributed by atoms with E-state index in [-0.39, 0.29) is 9.79 Å². The Morgan fingerprint density at radius 3 is 1.57 bits per heavy atom. The highest BCUT2D eigenvalue weighted by Crippen LogP contribution is 2.19. The first-order valence-electron chi connectivity index (χ1n) is 5.50. The average molecular weight is 393 g/mol. The fourth-order valence-electron chi connectivity index (χ4n) is 1.34. The molecule has 0 N–H and O–H groups in total. The van der Waals surface area contributed by atoms with Crippen molar-refractivity contribution in [1.82, 2.24) is 0 Å². The van der Waals surface area contributed by atoms with E-state index in [2.05, 4.69) is 24.6 Å². The summed E-state index contributed by atoms with van der Waals surface area (Å²) >= 11 is 3.15. The Labute approximate surface area is 130 Å². The van der Waals surface area contributed by atoms with E-state index in [1.54, 1.807) is 6.07 Å². The van der Waals surface area contributed by atoms with E-state index >= 15 is 0 Å². The second-order valence-electron chi connectivity index (χ2n) is 3.81. The van der Waals surface area contributed by atoms with Crippen molar-refractivity contribution in [2.45, 2.75) is 9.79 Å². The van der Waals surface area contributed by atoms with Gasteiger partial charge < -0.3 is 0 Å². The van der Waals surface area contributed by atoms with Gasteiger partial charge in [0.25, 0.3) is 0 Å². The van der Waals surface area contributed by atoms with Crippen LogP contribution >= 0.6 is 15.9 Å². The highest BCUT2D eigenvalue weighted by atomic mass is 79.9. The van der Waals surface area contributed by atoms with Crippen molar-refractivity contribution in [2.75, 3.05) is 0 Å². The lowest BCUT2D eigenvalue weighted by Crippen LogP contribution is -2.13. The second kappa shape index (κ2) is 6.24. The third-order valence-corrected chi connectivity index (χ3v) is 5.15. The molecule has 0 fully saturated rings. The molecule has 2 aromatic rings. The SMILES string of the molecule is O=S(=O)(OOS(=O)(=O)c1ccc(Br)cc1)c1ccccc1. The van der Waals surface area contributed by atoms with Crippen molar-refractivity contribution in [3.8, 4) is 0 Å². The Morgan fingerprint density at radius 1 is 0.667 bits per heavy atom. The molecule has 2 aromatic carbocycles. The van der Waals surface area contributed by atoms with Crippen molar-refractivity contribution < 1.29 is 25.5 Å². The maximum atomic E-state index is 11.8. The van der Waals surface area contributed by atoms with Gasteiger partial charge in [-0.25, -0.2) is 0 Å². The van der Waals surface area contributed by atoms with Crippen molar-refractivity contribution in [3.63, 3.8) is 0 Å². The fraction of sp³-hybridized carbons (Fsp3) is 0. The molecular formula is C12H9BrO6S2. The summed E-state index contributed by atoms with van der Waals surface area (Å²) in [5, 5.41) is 0. The number of benzene rings is 2. The Hall–Kier alpha value is -1.26. The van der Waals surface area contributed by atoms with Gasteiger partial charge in [0.15, 0.2) is 0 Å². The van der Waals surface area contributed by atoms with Crippen molar-refractivity contribution in [3.05, 3.63) is 59.1 Å². The molecule has 112 valence electrons. The maximum absolute atomic E-state index is 11.8. The minimum atomic E-state index is -4.34. The Balaban J connectivity index is 2.17. The van der Waals surface area contributed by atoms with Gasteiger partial charge in [-0.1, -0.05) is 42.8 Å². The highest BCUT2D eigenvalue weighted by molar-refractivity contribution is 9.10. The molecule has 0 heterocycles. The lowest BCUT2D eigenvalue weighted by Gasteiger charge is -2.05. The monoisotopic (exact) mass is 392 g/mol. The van der Waals surface area contributed by atoms with Crippen molar-refractivity contribution in [2.24, 2.45) is 0 Å². The van der Waals surface area contributed by atoms with Crippen LogP contribution in [0.15, 0.2) is 68.9 Å². The number of rotatable bonds is 5. The third-order valence-electron chi connectivity index (χ3n) is 2.34. The third kappa shape index (κ3) is 4.11. The molecular weight excluding hydrogens is 384 g/mol. The summed E-state index contributed by atoms with van der Waals surface area (Å²) in [4.78, 5) is -0.440. The van der Waals surface area contributed by atoms with Gasteiger partial charge in [0, 0.05) is 4.47 Å². The minimum absolute atomic E-state index is 0.212. The standard InChI is InChI=1S/C12H9BrO6S2/c13-10-6-8-12(9-7-10)21(16,17)19-18-20(14,15)11-4-2-1-3-5-11/h1-9H. The average Bonchev–Trinajstić information content (AvgIpc) is 2.47. The topological polar surface area (TPSA) is 86.7 Å². The molecule has 0 aliphatic carbocycles. The van der Waals surface area contributed by atoms with Crippen LogP contribution in [-0.4, -0.2) is 16.8 Å². The summed E-state index contributed by atoms with van der Waals surface area (Å²) in [7, 11) is -8.66. The van der Waals surface area contributed by atoms with Gasteiger partial charge in [-0.05, 0) is 36.4 Å². The predicted molar refractivity (Wildman–Crippen MR) is 77.1 cm³/mol. The first-order chi connectivity index (χ1) is 9.81. The summed E-state index contributed by atoms with van der Waals surface area (Å²) in [6.07, 6.45) is 0. The minimum Gasteiger partial charge on any atom is -0.192 e. The molecule has 0 saturated carbocycles. The van der Waals surface area contributed by atoms with Crippen LogP contribution in [0.2, 0.25) is 0 Å². The van der Waals surface area contributed by atoms with Gasteiger partial charge in [-0.15, -0.1) is 0 Å². The molecule has 0 radical (unpaired) electrons. The quantitative estimate of drug-likeness (QED) is 0.573. The van der Waals surface area contributed by atoms with Crippen LogP contribution in [0.4, 0.5) is 0 Å². The maximum Gasteiger partial charge on any atom is 0.324 e. The van der Waals surface area contributed by atoms with E-state index in [4.69, 9.17) is 0 Å². The van der Waals surface area contributed by atoms with Crippen LogP contribution in [0.3, 0.4) is 0 Å². The molecule has 0 unspecified atom stereocenters. The molecule has 0 spiro atoms. The molecule has 2 rings (SSSR count).